The van der Waals surface area contributed by atoms with Crippen LogP contribution >= 0.6 is 11.6 Å². The van der Waals surface area contributed by atoms with Gasteiger partial charge in [-0.25, -0.2) is 9.37 Å². The summed E-state index contributed by atoms with van der Waals surface area (Å²) in [6.07, 6.45) is 1.52. The number of hydrogen-bond acceptors (Lipinski definition) is 3. The van der Waals surface area contributed by atoms with Crippen molar-refractivity contribution >= 4 is 28.3 Å². The minimum atomic E-state index is -3.94. The van der Waals surface area contributed by atoms with Crippen molar-refractivity contribution in [2.45, 2.75) is 5.92 Å². The molecule has 2 aromatic heterocycles. The summed E-state index contributed by atoms with van der Waals surface area (Å²) in [6, 6.07) is 8.66. The maximum Gasteiger partial charge on any atom is 0.336 e. The van der Waals surface area contributed by atoms with Crippen molar-refractivity contribution in [2.24, 2.45) is 0 Å². The first-order valence-corrected chi connectivity index (χ1v) is 6.87. The maximum absolute atomic E-state index is 14.5. The third-order valence-corrected chi connectivity index (χ3v) is 3.49. The predicted molar refractivity (Wildman–Crippen MR) is 79.2 cm³/mol. The van der Waals surface area contributed by atoms with Gasteiger partial charge in [0.05, 0.1) is 5.52 Å². The summed E-state index contributed by atoms with van der Waals surface area (Å²) in [4.78, 5) is 19.4. The lowest BCUT2D eigenvalue weighted by atomic mass is 10.00. The van der Waals surface area contributed by atoms with E-state index in [2.05, 4.69) is 9.97 Å². The molecule has 0 amide bonds. The quantitative estimate of drug-likeness (QED) is 0.526. The van der Waals surface area contributed by atoms with Crippen molar-refractivity contribution in [3.63, 3.8) is 0 Å². The lowest BCUT2D eigenvalue weighted by Gasteiger charge is -2.16. The third kappa shape index (κ3) is 2.77. The van der Waals surface area contributed by atoms with Gasteiger partial charge in [-0.1, -0.05) is 23.7 Å². The van der Waals surface area contributed by atoms with E-state index in [1.165, 1.54) is 12.3 Å². The first-order chi connectivity index (χ1) is 10.9. The Morgan fingerprint density at radius 2 is 1.91 bits per heavy atom. The lowest BCUT2D eigenvalue weighted by molar-refractivity contribution is 0.00657. The highest BCUT2D eigenvalue weighted by Crippen LogP contribution is 2.33. The van der Waals surface area contributed by atoms with Gasteiger partial charge in [0.1, 0.15) is 5.15 Å². The molecule has 0 spiro atoms. The highest BCUT2D eigenvalue weighted by Gasteiger charge is 2.43. The van der Waals surface area contributed by atoms with Crippen LogP contribution in [0.2, 0.25) is 5.15 Å². The Morgan fingerprint density at radius 1 is 1.13 bits per heavy atom. The number of pyridine rings is 2. The van der Waals surface area contributed by atoms with Gasteiger partial charge in [-0.3, -0.25) is 9.78 Å². The summed E-state index contributed by atoms with van der Waals surface area (Å²) < 4.78 is 42.5. The number of carbonyl (C=O) groups excluding carboxylic acids is 1. The zero-order valence-corrected chi connectivity index (χ0v) is 12.2. The van der Waals surface area contributed by atoms with Gasteiger partial charge in [0.25, 0.3) is 5.78 Å². The maximum atomic E-state index is 14.5. The average molecular weight is 337 g/mol. The number of benzene rings is 1. The second-order valence-corrected chi connectivity index (χ2v) is 5.17. The number of alkyl halides is 2. The van der Waals surface area contributed by atoms with Crippen LogP contribution in [-0.2, 0) is 5.92 Å². The van der Waals surface area contributed by atoms with Crippen molar-refractivity contribution in [1.29, 1.82) is 0 Å². The van der Waals surface area contributed by atoms with E-state index >= 15 is 0 Å². The van der Waals surface area contributed by atoms with Crippen molar-refractivity contribution < 1.29 is 18.0 Å². The minimum Gasteiger partial charge on any atom is -0.285 e. The van der Waals surface area contributed by atoms with E-state index in [0.717, 1.165) is 24.3 Å². The van der Waals surface area contributed by atoms with Gasteiger partial charge in [-0.2, -0.15) is 8.78 Å². The summed E-state index contributed by atoms with van der Waals surface area (Å²) in [5.41, 5.74) is -1.05. The molecule has 3 rings (SSSR count). The number of halogens is 4. The Morgan fingerprint density at radius 3 is 2.70 bits per heavy atom. The van der Waals surface area contributed by atoms with Crippen LogP contribution in [0, 0.1) is 5.82 Å². The fourth-order valence-electron chi connectivity index (χ4n) is 2.13. The minimum absolute atomic E-state index is 0.242. The summed E-state index contributed by atoms with van der Waals surface area (Å²) >= 11 is 5.55. The molecular weight excluding hydrogens is 329 g/mol. The van der Waals surface area contributed by atoms with Crippen LogP contribution < -0.4 is 0 Å². The van der Waals surface area contributed by atoms with Crippen molar-refractivity contribution in [3.05, 3.63) is 70.9 Å². The molecule has 0 N–H and O–H groups in total. The molecule has 0 bridgehead atoms. The van der Waals surface area contributed by atoms with E-state index in [4.69, 9.17) is 11.6 Å². The van der Waals surface area contributed by atoms with E-state index in [9.17, 15) is 18.0 Å². The molecule has 0 aliphatic carbocycles. The molecule has 2 heterocycles. The van der Waals surface area contributed by atoms with Gasteiger partial charge in [0, 0.05) is 17.1 Å². The zero-order valence-electron chi connectivity index (χ0n) is 11.4. The van der Waals surface area contributed by atoms with Crippen molar-refractivity contribution in [3.8, 4) is 0 Å². The van der Waals surface area contributed by atoms with Crippen molar-refractivity contribution in [1.82, 2.24) is 9.97 Å². The third-order valence-electron chi connectivity index (χ3n) is 3.28. The summed E-state index contributed by atoms with van der Waals surface area (Å²) in [7, 11) is 0. The number of Topliss-reactive ketones (excluding diaryl/α,β-unsaturated/α-hetero) is 1. The summed E-state index contributed by atoms with van der Waals surface area (Å²) in [6.45, 7) is 0. The van der Waals surface area contributed by atoms with Crippen LogP contribution in [0.1, 0.15) is 16.1 Å². The molecule has 7 heteroatoms. The Hall–Kier alpha value is -2.47. The summed E-state index contributed by atoms with van der Waals surface area (Å²) in [5.74, 6) is -6.84. The monoisotopic (exact) mass is 336 g/mol. The van der Waals surface area contributed by atoms with Gasteiger partial charge < -0.3 is 0 Å². The number of carbonyl (C=O) groups is 1. The van der Waals surface area contributed by atoms with E-state index in [1.54, 1.807) is 12.1 Å². The van der Waals surface area contributed by atoms with Gasteiger partial charge >= 0.3 is 5.92 Å². The first kappa shape index (κ1) is 15.4. The molecule has 0 saturated carbocycles. The normalized spacial score (nSPS) is 11.7. The molecule has 0 unspecified atom stereocenters. The number of rotatable bonds is 3. The van der Waals surface area contributed by atoms with E-state index < -0.39 is 28.8 Å². The second kappa shape index (κ2) is 5.62. The van der Waals surface area contributed by atoms with Gasteiger partial charge in [-0.05, 0) is 30.3 Å². The highest BCUT2D eigenvalue weighted by molar-refractivity contribution is 6.29. The molecule has 23 heavy (non-hydrogen) atoms. The predicted octanol–water partition coefficient (Wildman–Crippen LogP) is 4.40. The fourth-order valence-corrected chi connectivity index (χ4v) is 2.28. The van der Waals surface area contributed by atoms with Crippen LogP contribution in [0.4, 0.5) is 13.2 Å². The standard InChI is InChI=1S/C16H8ClF3N2O/c17-13-6-4-11(18)14(22-13)15(23)16(19,20)10-3-5-12-9(8-10)2-1-7-21-12/h1-8H. The number of aromatic nitrogens is 2. The molecule has 3 nitrogen and oxygen atoms in total. The van der Waals surface area contributed by atoms with Crippen LogP contribution in [0.5, 0.6) is 0 Å². The van der Waals surface area contributed by atoms with Gasteiger partial charge in [0.15, 0.2) is 11.5 Å². The fraction of sp³-hybridized carbons (Fsp3) is 0.0625. The van der Waals surface area contributed by atoms with Crippen molar-refractivity contribution in [2.75, 3.05) is 0 Å². The number of hydrogen-bond donors (Lipinski definition) is 0. The molecular formula is C16H8ClF3N2O. The number of fused-ring (bicyclic) bond motifs is 1. The molecule has 0 atom stereocenters. The number of ketones is 1. The SMILES string of the molecule is O=C(c1nc(Cl)ccc1F)C(F)(F)c1ccc2ncccc2c1. The lowest BCUT2D eigenvalue weighted by Crippen LogP contribution is -2.28. The van der Waals surface area contributed by atoms with E-state index in [1.807, 2.05) is 0 Å². The molecule has 0 saturated heterocycles. The van der Waals surface area contributed by atoms with Crippen LogP contribution in [0.3, 0.4) is 0 Å². The first-order valence-electron chi connectivity index (χ1n) is 6.49. The Kier molecular flexibility index (Phi) is 3.77. The van der Waals surface area contributed by atoms with Crippen LogP contribution in [-0.4, -0.2) is 15.8 Å². The topological polar surface area (TPSA) is 42.9 Å². The molecule has 3 aromatic rings. The van der Waals surface area contributed by atoms with Crippen LogP contribution in [0.15, 0.2) is 48.7 Å². The Bertz CT molecular complexity index is 915. The van der Waals surface area contributed by atoms with Gasteiger partial charge in [-0.15, -0.1) is 0 Å². The molecule has 0 radical (unpaired) electrons. The zero-order chi connectivity index (χ0) is 16.6. The molecule has 1 aromatic carbocycles. The summed E-state index contributed by atoms with van der Waals surface area (Å²) in [5, 5.41) is 0.199. The molecule has 0 fully saturated rings. The highest BCUT2D eigenvalue weighted by atomic mass is 35.5. The van der Waals surface area contributed by atoms with Gasteiger partial charge in [0.2, 0.25) is 0 Å². The Balaban J connectivity index is 2.08. The van der Waals surface area contributed by atoms with E-state index in [-0.39, 0.29) is 5.15 Å². The largest absolute Gasteiger partial charge is 0.336 e. The molecule has 0 aliphatic heterocycles. The number of nitrogens with zero attached hydrogens (tertiary/aromatic N) is 2. The average Bonchev–Trinajstić information content (AvgIpc) is 2.56. The second-order valence-electron chi connectivity index (χ2n) is 4.78. The smallest absolute Gasteiger partial charge is 0.285 e. The molecule has 0 aliphatic rings. The Labute approximate surface area is 133 Å². The van der Waals surface area contributed by atoms with E-state index in [0.29, 0.717) is 10.9 Å². The van der Waals surface area contributed by atoms with Crippen LogP contribution in [0.25, 0.3) is 10.9 Å². The molecule has 116 valence electrons.